The maximum Gasteiger partial charge on any atom is 0.251 e. The quantitative estimate of drug-likeness (QED) is 0.804. The Morgan fingerprint density at radius 2 is 1.84 bits per heavy atom. The van der Waals surface area contributed by atoms with E-state index < -0.39 is 0 Å². The number of nitrogens with one attached hydrogen (secondary N) is 1. The molecule has 19 heavy (non-hydrogen) atoms. The van der Waals surface area contributed by atoms with Crippen molar-refractivity contribution >= 4 is 5.91 Å². The van der Waals surface area contributed by atoms with E-state index in [0.717, 1.165) is 12.2 Å². The predicted molar refractivity (Wildman–Crippen MR) is 75.6 cm³/mol. The molecule has 0 aromatic heterocycles. The van der Waals surface area contributed by atoms with Crippen molar-refractivity contribution in [3.05, 3.63) is 29.8 Å². The Bertz CT molecular complexity index is 393. The monoisotopic (exact) mass is 265 g/mol. The first-order chi connectivity index (χ1) is 8.92. The summed E-state index contributed by atoms with van der Waals surface area (Å²) in [4.78, 5) is 11.8. The van der Waals surface area contributed by atoms with Gasteiger partial charge in [0, 0.05) is 25.8 Å². The summed E-state index contributed by atoms with van der Waals surface area (Å²) in [6.45, 7) is 7.24. The van der Waals surface area contributed by atoms with Crippen molar-refractivity contribution in [2.24, 2.45) is 0 Å². The number of carbonyl (C=O) groups is 1. The molecule has 0 heterocycles. The van der Waals surface area contributed by atoms with Crippen molar-refractivity contribution in [3.63, 3.8) is 0 Å². The molecule has 1 N–H and O–H groups in total. The second-order valence-electron chi connectivity index (χ2n) is 5.34. The van der Waals surface area contributed by atoms with E-state index in [-0.39, 0.29) is 11.5 Å². The van der Waals surface area contributed by atoms with Crippen LogP contribution in [0.5, 0.6) is 5.75 Å². The Balaban J connectivity index is 2.49. The van der Waals surface area contributed by atoms with Gasteiger partial charge in [-0.05, 0) is 51.5 Å². The molecule has 1 amide bonds. The lowest BCUT2D eigenvalue weighted by molar-refractivity contribution is 0.0948. The van der Waals surface area contributed by atoms with Gasteiger partial charge in [-0.2, -0.15) is 0 Å². The van der Waals surface area contributed by atoms with Gasteiger partial charge >= 0.3 is 0 Å². The van der Waals surface area contributed by atoms with Gasteiger partial charge in [-0.15, -0.1) is 0 Å². The number of amides is 1. The molecule has 1 rings (SSSR count). The molecule has 1 aromatic carbocycles. The molecule has 0 spiro atoms. The van der Waals surface area contributed by atoms with E-state index in [1.165, 1.54) is 0 Å². The minimum absolute atomic E-state index is 0.0709. The molecule has 1 aromatic rings. The standard InChI is InChI=1S/C15H23NO3/c1-15(2,3)19-13-8-6-12(7-9-13)14(17)16-10-5-11-18-4/h6-9H,5,10-11H2,1-4H3,(H,16,17). The molecular weight excluding hydrogens is 242 g/mol. The van der Waals surface area contributed by atoms with Crippen LogP contribution in [0.3, 0.4) is 0 Å². The van der Waals surface area contributed by atoms with Crippen LogP contribution < -0.4 is 10.1 Å². The molecule has 0 aliphatic rings. The first-order valence-electron chi connectivity index (χ1n) is 6.48. The number of hydrogen-bond acceptors (Lipinski definition) is 3. The van der Waals surface area contributed by atoms with Gasteiger partial charge in [0.2, 0.25) is 0 Å². The van der Waals surface area contributed by atoms with Crippen molar-refractivity contribution in [1.82, 2.24) is 5.32 Å². The molecule has 0 saturated carbocycles. The van der Waals surface area contributed by atoms with Crippen LogP contribution in [-0.2, 0) is 4.74 Å². The Kier molecular flexibility index (Phi) is 5.83. The zero-order valence-electron chi connectivity index (χ0n) is 12.2. The molecule has 0 radical (unpaired) electrons. The fourth-order valence-electron chi connectivity index (χ4n) is 1.55. The summed E-state index contributed by atoms with van der Waals surface area (Å²) in [6, 6.07) is 7.17. The zero-order valence-corrected chi connectivity index (χ0v) is 12.2. The molecule has 0 aliphatic carbocycles. The van der Waals surface area contributed by atoms with Crippen LogP contribution >= 0.6 is 0 Å². The first-order valence-corrected chi connectivity index (χ1v) is 6.48. The van der Waals surface area contributed by atoms with Crippen LogP contribution in [0.1, 0.15) is 37.6 Å². The second-order valence-corrected chi connectivity index (χ2v) is 5.34. The molecule has 0 unspecified atom stereocenters. The van der Waals surface area contributed by atoms with Gasteiger partial charge in [-0.3, -0.25) is 4.79 Å². The van der Waals surface area contributed by atoms with Crippen molar-refractivity contribution in [1.29, 1.82) is 0 Å². The molecule has 0 aliphatic heterocycles. The summed E-state index contributed by atoms with van der Waals surface area (Å²) in [6.07, 6.45) is 0.813. The number of benzene rings is 1. The van der Waals surface area contributed by atoms with Crippen LogP contribution in [0.25, 0.3) is 0 Å². The number of methoxy groups -OCH3 is 1. The SMILES string of the molecule is COCCCNC(=O)c1ccc(OC(C)(C)C)cc1. The van der Waals surface area contributed by atoms with E-state index in [1.807, 2.05) is 32.9 Å². The maximum atomic E-state index is 11.8. The summed E-state index contributed by atoms with van der Waals surface area (Å²) in [5.41, 5.74) is 0.405. The fraction of sp³-hybridized carbons (Fsp3) is 0.533. The second kappa shape index (κ2) is 7.14. The Hall–Kier alpha value is -1.55. The van der Waals surface area contributed by atoms with Crippen molar-refractivity contribution < 1.29 is 14.3 Å². The summed E-state index contributed by atoms with van der Waals surface area (Å²) >= 11 is 0. The summed E-state index contributed by atoms with van der Waals surface area (Å²) in [7, 11) is 1.65. The van der Waals surface area contributed by atoms with E-state index >= 15 is 0 Å². The van der Waals surface area contributed by atoms with E-state index in [0.29, 0.717) is 18.7 Å². The molecule has 0 atom stereocenters. The van der Waals surface area contributed by atoms with E-state index in [1.54, 1.807) is 19.2 Å². The predicted octanol–water partition coefficient (Wildman–Crippen LogP) is 2.63. The number of rotatable bonds is 6. The largest absolute Gasteiger partial charge is 0.488 e. The molecule has 106 valence electrons. The van der Waals surface area contributed by atoms with Gasteiger partial charge in [0.1, 0.15) is 11.4 Å². The van der Waals surface area contributed by atoms with Crippen LogP contribution in [0.15, 0.2) is 24.3 Å². The molecular formula is C15H23NO3. The maximum absolute atomic E-state index is 11.8. The third-order valence-electron chi connectivity index (χ3n) is 2.35. The van der Waals surface area contributed by atoms with Gasteiger partial charge in [0.25, 0.3) is 5.91 Å². The molecule has 0 fully saturated rings. The Morgan fingerprint density at radius 3 is 2.37 bits per heavy atom. The first kappa shape index (κ1) is 15.5. The highest BCUT2D eigenvalue weighted by Crippen LogP contribution is 2.18. The van der Waals surface area contributed by atoms with Crippen molar-refractivity contribution in [2.45, 2.75) is 32.8 Å². The minimum atomic E-state index is -0.232. The van der Waals surface area contributed by atoms with E-state index in [4.69, 9.17) is 9.47 Å². The summed E-state index contributed by atoms with van der Waals surface area (Å²) in [5.74, 6) is 0.696. The molecule has 4 heteroatoms. The summed E-state index contributed by atoms with van der Waals surface area (Å²) < 4.78 is 10.6. The number of ether oxygens (including phenoxy) is 2. The van der Waals surface area contributed by atoms with Crippen LogP contribution in [0.4, 0.5) is 0 Å². The number of hydrogen-bond donors (Lipinski definition) is 1. The van der Waals surface area contributed by atoms with Crippen LogP contribution in [0.2, 0.25) is 0 Å². The van der Waals surface area contributed by atoms with Crippen molar-refractivity contribution in [3.8, 4) is 5.75 Å². The zero-order chi connectivity index (χ0) is 14.3. The average Bonchev–Trinajstić information content (AvgIpc) is 2.33. The number of carbonyl (C=O) groups excluding carboxylic acids is 1. The third-order valence-corrected chi connectivity index (χ3v) is 2.35. The van der Waals surface area contributed by atoms with E-state index in [9.17, 15) is 4.79 Å². The van der Waals surface area contributed by atoms with Crippen LogP contribution in [0, 0.1) is 0 Å². The topological polar surface area (TPSA) is 47.6 Å². The molecule has 0 bridgehead atoms. The normalized spacial score (nSPS) is 11.2. The van der Waals surface area contributed by atoms with Crippen LogP contribution in [-0.4, -0.2) is 31.8 Å². The third kappa shape index (κ3) is 6.25. The Labute approximate surface area is 115 Å². The Morgan fingerprint density at radius 1 is 1.21 bits per heavy atom. The highest BCUT2D eigenvalue weighted by Gasteiger charge is 2.12. The van der Waals surface area contributed by atoms with Gasteiger partial charge in [-0.25, -0.2) is 0 Å². The molecule has 0 saturated heterocycles. The lowest BCUT2D eigenvalue weighted by Gasteiger charge is -2.21. The van der Waals surface area contributed by atoms with E-state index in [2.05, 4.69) is 5.32 Å². The van der Waals surface area contributed by atoms with Gasteiger partial charge < -0.3 is 14.8 Å². The van der Waals surface area contributed by atoms with Gasteiger partial charge in [-0.1, -0.05) is 0 Å². The fourth-order valence-corrected chi connectivity index (χ4v) is 1.55. The minimum Gasteiger partial charge on any atom is -0.488 e. The smallest absolute Gasteiger partial charge is 0.251 e. The van der Waals surface area contributed by atoms with Gasteiger partial charge in [0.15, 0.2) is 0 Å². The summed E-state index contributed by atoms with van der Waals surface area (Å²) in [5, 5.41) is 2.84. The van der Waals surface area contributed by atoms with Gasteiger partial charge in [0.05, 0.1) is 0 Å². The molecule has 4 nitrogen and oxygen atoms in total. The lowest BCUT2D eigenvalue weighted by atomic mass is 10.1. The highest BCUT2D eigenvalue weighted by molar-refractivity contribution is 5.94. The lowest BCUT2D eigenvalue weighted by Crippen LogP contribution is -2.25. The highest BCUT2D eigenvalue weighted by atomic mass is 16.5. The van der Waals surface area contributed by atoms with Crippen molar-refractivity contribution in [2.75, 3.05) is 20.3 Å². The average molecular weight is 265 g/mol.